The number of amides is 1. The number of hydrogen-bond acceptors (Lipinski definition) is 6. The van der Waals surface area contributed by atoms with Gasteiger partial charge in [-0.25, -0.2) is 0 Å². The predicted octanol–water partition coefficient (Wildman–Crippen LogP) is 2.42. The van der Waals surface area contributed by atoms with Crippen LogP contribution in [0, 0.1) is 6.92 Å². The van der Waals surface area contributed by atoms with Gasteiger partial charge in [0.2, 0.25) is 5.95 Å². The highest BCUT2D eigenvalue weighted by molar-refractivity contribution is 5.92. The maximum Gasteiger partial charge on any atom is 0.289 e. The van der Waals surface area contributed by atoms with Gasteiger partial charge in [0.1, 0.15) is 11.5 Å². The zero-order valence-electron chi connectivity index (χ0n) is 16.0. The Morgan fingerprint density at radius 2 is 1.86 bits per heavy atom. The fourth-order valence-corrected chi connectivity index (χ4v) is 4.09. The number of anilines is 2. The Bertz CT molecular complexity index is 982. The molecule has 0 unspecified atom stereocenters. The van der Waals surface area contributed by atoms with Crippen LogP contribution in [0.4, 0.5) is 11.8 Å². The lowest BCUT2D eigenvalue weighted by Gasteiger charge is -2.35. The summed E-state index contributed by atoms with van der Waals surface area (Å²) < 4.78 is 5.26. The number of hydrogen-bond donors (Lipinski definition) is 1. The van der Waals surface area contributed by atoms with Gasteiger partial charge in [-0.1, -0.05) is 0 Å². The van der Waals surface area contributed by atoms with E-state index in [0.717, 1.165) is 54.7 Å². The van der Waals surface area contributed by atoms with Crippen LogP contribution in [0.25, 0.3) is 11.0 Å². The normalized spacial score (nSPS) is 17.7. The molecule has 146 valence electrons. The summed E-state index contributed by atoms with van der Waals surface area (Å²) in [6, 6.07) is 5.57. The van der Waals surface area contributed by atoms with E-state index in [-0.39, 0.29) is 5.91 Å². The van der Waals surface area contributed by atoms with Crippen molar-refractivity contribution in [2.24, 2.45) is 0 Å². The maximum atomic E-state index is 12.5. The van der Waals surface area contributed by atoms with Gasteiger partial charge < -0.3 is 24.1 Å². The number of carbonyl (C=O) groups is 1. The number of carbonyl (C=O) groups excluding carboxylic acids is 1. The van der Waals surface area contributed by atoms with Crippen LogP contribution in [-0.4, -0.2) is 65.0 Å². The minimum Gasteiger partial charge on any atom is -0.459 e. The van der Waals surface area contributed by atoms with Crippen LogP contribution >= 0.6 is 0 Å². The number of aromatic nitrogens is 3. The van der Waals surface area contributed by atoms with E-state index in [4.69, 9.17) is 14.4 Å². The number of aryl methyl sites for hydroxylation is 1. The van der Waals surface area contributed by atoms with Crippen molar-refractivity contribution in [3.8, 4) is 0 Å². The van der Waals surface area contributed by atoms with Crippen molar-refractivity contribution >= 4 is 28.7 Å². The molecule has 1 amide bonds. The van der Waals surface area contributed by atoms with Gasteiger partial charge in [0.05, 0.1) is 11.6 Å². The van der Waals surface area contributed by atoms with Crippen molar-refractivity contribution in [3.05, 3.63) is 35.9 Å². The van der Waals surface area contributed by atoms with Gasteiger partial charge in [0.25, 0.3) is 5.91 Å². The standard InChI is InChI=1S/C20H24N6O2/c1-14-13-15-17(21-14)22-20(26-6-2-3-7-26)23-18(15)24-8-10-25(11-9-24)19(27)16-5-4-12-28-16/h4-5,12-13H,2-3,6-11H2,1H3,(H,21,22,23). The summed E-state index contributed by atoms with van der Waals surface area (Å²) in [6.45, 7) is 6.83. The number of rotatable bonds is 3. The van der Waals surface area contributed by atoms with E-state index < -0.39 is 0 Å². The van der Waals surface area contributed by atoms with Gasteiger partial charge in [-0.3, -0.25) is 4.79 Å². The number of nitrogens with one attached hydrogen (secondary N) is 1. The van der Waals surface area contributed by atoms with E-state index in [1.54, 1.807) is 12.1 Å². The van der Waals surface area contributed by atoms with Crippen molar-refractivity contribution in [2.45, 2.75) is 19.8 Å². The highest BCUT2D eigenvalue weighted by atomic mass is 16.3. The molecule has 2 fully saturated rings. The SMILES string of the molecule is Cc1cc2c(N3CCN(C(=O)c4ccco4)CC3)nc(N3CCCC3)nc2[nH]1. The Balaban J connectivity index is 1.40. The number of nitrogens with zero attached hydrogens (tertiary/aromatic N) is 5. The molecule has 0 radical (unpaired) electrons. The fraction of sp³-hybridized carbons (Fsp3) is 0.450. The van der Waals surface area contributed by atoms with E-state index in [9.17, 15) is 4.79 Å². The van der Waals surface area contributed by atoms with Crippen LogP contribution in [0.3, 0.4) is 0 Å². The fourth-order valence-electron chi connectivity index (χ4n) is 4.09. The average Bonchev–Trinajstić information content (AvgIpc) is 3.47. The molecule has 8 nitrogen and oxygen atoms in total. The number of aromatic amines is 1. The van der Waals surface area contributed by atoms with Crippen LogP contribution in [-0.2, 0) is 0 Å². The Morgan fingerprint density at radius 3 is 2.57 bits per heavy atom. The zero-order valence-corrected chi connectivity index (χ0v) is 16.0. The molecule has 2 saturated heterocycles. The Kier molecular flexibility index (Phi) is 4.18. The van der Waals surface area contributed by atoms with Crippen LogP contribution in [0.2, 0.25) is 0 Å². The second-order valence-corrected chi connectivity index (χ2v) is 7.51. The molecule has 2 aliphatic heterocycles. The molecular formula is C20H24N6O2. The first-order chi connectivity index (χ1) is 13.7. The van der Waals surface area contributed by atoms with E-state index in [1.807, 2.05) is 11.8 Å². The first-order valence-electron chi connectivity index (χ1n) is 9.89. The molecule has 3 aromatic heterocycles. The first kappa shape index (κ1) is 17.1. The number of fused-ring (bicyclic) bond motifs is 1. The van der Waals surface area contributed by atoms with Crippen molar-refractivity contribution in [1.82, 2.24) is 19.9 Å². The quantitative estimate of drug-likeness (QED) is 0.752. The molecule has 0 aromatic carbocycles. The Hall–Kier alpha value is -3.03. The molecule has 0 atom stereocenters. The zero-order chi connectivity index (χ0) is 19.1. The highest BCUT2D eigenvalue weighted by Crippen LogP contribution is 2.29. The summed E-state index contributed by atoms with van der Waals surface area (Å²) in [5, 5.41) is 1.05. The van der Waals surface area contributed by atoms with Crippen LogP contribution in [0.1, 0.15) is 29.1 Å². The summed E-state index contributed by atoms with van der Waals surface area (Å²) in [5.41, 5.74) is 1.97. The third-order valence-electron chi connectivity index (χ3n) is 5.58. The summed E-state index contributed by atoms with van der Waals surface area (Å²) in [4.78, 5) is 32.0. The van der Waals surface area contributed by atoms with E-state index in [1.165, 1.54) is 19.1 Å². The average molecular weight is 380 g/mol. The van der Waals surface area contributed by atoms with E-state index in [0.29, 0.717) is 18.8 Å². The Labute approximate surface area is 163 Å². The molecule has 0 saturated carbocycles. The summed E-state index contributed by atoms with van der Waals surface area (Å²) in [6.07, 6.45) is 3.91. The molecule has 1 N–H and O–H groups in total. The van der Waals surface area contributed by atoms with Crippen LogP contribution in [0.15, 0.2) is 28.9 Å². The second kappa shape index (κ2) is 6.85. The summed E-state index contributed by atoms with van der Waals surface area (Å²) in [7, 11) is 0. The number of H-pyrrole nitrogens is 1. The van der Waals surface area contributed by atoms with Gasteiger partial charge in [0, 0.05) is 45.0 Å². The lowest BCUT2D eigenvalue weighted by atomic mass is 10.2. The van der Waals surface area contributed by atoms with Crippen LogP contribution < -0.4 is 9.80 Å². The number of furan rings is 1. The highest BCUT2D eigenvalue weighted by Gasteiger charge is 2.27. The summed E-state index contributed by atoms with van der Waals surface area (Å²) >= 11 is 0. The molecule has 8 heteroatoms. The topological polar surface area (TPSA) is 81.5 Å². The minimum absolute atomic E-state index is 0.0484. The predicted molar refractivity (Wildman–Crippen MR) is 107 cm³/mol. The van der Waals surface area contributed by atoms with Crippen molar-refractivity contribution in [3.63, 3.8) is 0 Å². The Morgan fingerprint density at radius 1 is 1.07 bits per heavy atom. The smallest absolute Gasteiger partial charge is 0.289 e. The first-order valence-corrected chi connectivity index (χ1v) is 9.89. The molecule has 5 rings (SSSR count). The molecule has 2 aliphatic rings. The lowest BCUT2D eigenvalue weighted by molar-refractivity contribution is 0.0714. The van der Waals surface area contributed by atoms with Crippen molar-refractivity contribution in [1.29, 1.82) is 0 Å². The van der Waals surface area contributed by atoms with Crippen molar-refractivity contribution < 1.29 is 9.21 Å². The van der Waals surface area contributed by atoms with E-state index in [2.05, 4.69) is 20.9 Å². The maximum absolute atomic E-state index is 12.5. The molecule has 3 aromatic rings. The third-order valence-corrected chi connectivity index (χ3v) is 5.58. The minimum atomic E-state index is -0.0484. The molecule has 28 heavy (non-hydrogen) atoms. The number of piperazine rings is 1. The largest absolute Gasteiger partial charge is 0.459 e. The molecule has 5 heterocycles. The van der Waals surface area contributed by atoms with E-state index >= 15 is 0 Å². The molecular weight excluding hydrogens is 356 g/mol. The molecule has 0 spiro atoms. The van der Waals surface area contributed by atoms with Gasteiger partial charge in [-0.15, -0.1) is 0 Å². The molecule has 0 aliphatic carbocycles. The van der Waals surface area contributed by atoms with Crippen molar-refractivity contribution in [2.75, 3.05) is 49.1 Å². The van der Waals surface area contributed by atoms with Crippen LogP contribution in [0.5, 0.6) is 0 Å². The van der Waals surface area contributed by atoms with Gasteiger partial charge >= 0.3 is 0 Å². The third kappa shape index (κ3) is 2.98. The van der Waals surface area contributed by atoms with Gasteiger partial charge in [0.15, 0.2) is 5.76 Å². The summed E-state index contributed by atoms with van der Waals surface area (Å²) in [5.74, 6) is 2.11. The van der Waals surface area contributed by atoms with Gasteiger partial charge in [-0.2, -0.15) is 9.97 Å². The van der Waals surface area contributed by atoms with Gasteiger partial charge in [-0.05, 0) is 38.0 Å². The second-order valence-electron chi connectivity index (χ2n) is 7.51. The lowest BCUT2D eigenvalue weighted by Crippen LogP contribution is -2.49. The monoisotopic (exact) mass is 380 g/mol. The molecule has 0 bridgehead atoms.